The number of piperidine rings is 1. The highest BCUT2D eigenvalue weighted by atomic mass is 35.5. The molecule has 2 aromatic carbocycles. The van der Waals surface area contributed by atoms with Gasteiger partial charge in [0.15, 0.2) is 0 Å². The van der Waals surface area contributed by atoms with Crippen LogP contribution >= 0.6 is 34.8 Å². The van der Waals surface area contributed by atoms with E-state index in [0.29, 0.717) is 33.8 Å². The van der Waals surface area contributed by atoms with Gasteiger partial charge in [0.1, 0.15) is 5.71 Å². The SMILES string of the molecule is CC1C(C(=O)N(O)N2CCCCC2)=NN(c2ccc(Cl)cc2Cl)C1c1ccc(Cl)cc1. The normalized spacial score (nSPS) is 21.8. The number of carbonyl (C=O) groups excluding carboxylic acids is 1. The molecule has 0 bridgehead atoms. The fraction of sp³-hybridized carbons (Fsp3) is 0.364. The van der Waals surface area contributed by atoms with Crippen LogP contribution in [0.5, 0.6) is 0 Å². The van der Waals surface area contributed by atoms with Crippen molar-refractivity contribution in [2.75, 3.05) is 18.1 Å². The molecule has 1 saturated heterocycles. The van der Waals surface area contributed by atoms with E-state index in [1.165, 1.54) is 0 Å². The van der Waals surface area contributed by atoms with Crippen LogP contribution in [-0.2, 0) is 4.79 Å². The van der Waals surface area contributed by atoms with E-state index in [9.17, 15) is 10.0 Å². The molecule has 0 radical (unpaired) electrons. The van der Waals surface area contributed by atoms with Gasteiger partial charge < -0.3 is 0 Å². The van der Waals surface area contributed by atoms with Crippen LogP contribution in [0.25, 0.3) is 0 Å². The van der Waals surface area contributed by atoms with E-state index >= 15 is 0 Å². The van der Waals surface area contributed by atoms with E-state index in [0.717, 1.165) is 30.0 Å². The van der Waals surface area contributed by atoms with E-state index in [1.54, 1.807) is 40.3 Å². The summed E-state index contributed by atoms with van der Waals surface area (Å²) in [4.78, 5) is 13.2. The summed E-state index contributed by atoms with van der Waals surface area (Å²) < 4.78 is 0. The van der Waals surface area contributed by atoms with Crippen molar-refractivity contribution in [1.29, 1.82) is 0 Å². The van der Waals surface area contributed by atoms with Crippen LogP contribution in [0.1, 0.15) is 37.8 Å². The van der Waals surface area contributed by atoms with Gasteiger partial charge in [-0.3, -0.25) is 15.0 Å². The van der Waals surface area contributed by atoms with Crippen molar-refractivity contribution in [2.45, 2.75) is 32.2 Å². The highest BCUT2D eigenvalue weighted by molar-refractivity contribution is 6.40. The van der Waals surface area contributed by atoms with Crippen molar-refractivity contribution in [1.82, 2.24) is 10.2 Å². The molecule has 1 N–H and O–H groups in total. The number of hydroxylamine groups is 1. The molecule has 2 atom stereocenters. The van der Waals surface area contributed by atoms with E-state index in [-0.39, 0.29) is 17.7 Å². The number of nitrogens with zero attached hydrogens (tertiary/aromatic N) is 4. The third kappa shape index (κ3) is 4.54. The topological polar surface area (TPSA) is 59.4 Å². The Morgan fingerprint density at radius 1 is 1.03 bits per heavy atom. The van der Waals surface area contributed by atoms with Crippen molar-refractivity contribution in [2.24, 2.45) is 11.0 Å². The number of anilines is 1. The largest absolute Gasteiger partial charge is 0.309 e. The molecular formula is C22H23Cl3N4O2. The standard InChI is InChI=1S/C22H23Cl3N4O2/c1-14-20(22(30)29(31)27-11-3-2-4-12-27)26-28(19-10-9-17(24)13-18(19)25)21(14)15-5-7-16(23)8-6-15/h5-10,13-14,21,31H,2-4,11-12H2,1H3. The molecule has 2 heterocycles. The first-order chi connectivity index (χ1) is 14.9. The molecule has 9 heteroatoms. The molecular weight excluding hydrogens is 459 g/mol. The molecule has 0 aromatic heterocycles. The Hall–Kier alpha value is -1.83. The zero-order chi connectivity index (χ0) is 22.1. The lowest BCUT2D eigenvalue weighted by atomic mass is 9.91. The highest BCUT2D eigenvalue weighted by Crippen LogP contribution is 2.42. The van der Waals surface area contributed by atoms with Crippen LogP contribution < -0.4 is 5.01 Å². The van der Waals surface area contributed by atoms with Crippen LogP contribution in [0.15, 0.2) is 47.6 Å². The lowest BCUT2D eigenvalue weighted by Gasteiger charge is -2.32. The second kappa shape index (κ2) is 9.35. The summed E-state index contributed by atoms with van der Waals surface area (Å²) in [5.41, 5.74) is 1.82. The maximum Gasteiger partial charge on any atom is 0.309 e. The lowest BCUT2D eigenvalue weighted by molar-refractivity contribution is -0.235. The van der Waals surface area contributed by atoms with Crippen molar-refractivity contribution in [3.8, 4) is 0 Å². The van der Waals surface area contributed by atoms with Gasteiger partial charge in [0.25, 0.3) is 0 Å². The fourth-order valence-corrected chi connectivity index (χ4v) is 4.75. The number of benzene rings is 2. The Kier molecular flexibility index (Phi) is 6.74. The summed E-state index contributed by atoms with van der Waals surface area (Å²) in [6.45, 7) is 3.19. The monoisotopic (exact) mass is 480 g/mol. The Bertz CT molecular complexity index is 993. The van der Waals surface area contributed by atoms with Crippen LogP contribution in [0, 0.1) is 5.92 Å². The quantitative estimate of drug-likeness (QED) is 0.442. The third-order valence-electron chi connectivity index (χ3n) is 5.75. The van der Waals surface area contributed by atoms with Gasteiger partial charge in [0, 0.05) is 29.1 Å². The van der Waals surface area contributed by atoms with Gasteiger partial charge >= 0.3 is 5.91 Å². The molecule has 4 rings (SSSR count). The number of hydrogen-bond acceptors (Lipinski definition) is 5. The maximum absolute atomic E-state index is 13.2. The molecule has 0 aliphatic carbocycles. The number of hydrazone groups is 1. The van der Waals surface area contributed by atoms with Crippen LogP contribution in [0.2, 0.25) is 15.1 Å². The maximum atomic E-state index is 13.2. The van der Waals surface area contributed by atoms with Gasteiger partial charge in [-0.1, -0.05) is 60.3 Å². The van der Waals surface area contributed by atoms with E-state index in [2.05, 4.69) is 5.10 Å². The molecule has 0 spiro atoms. The molecule has 1 fully saturated rings. The predicted octanol–water partition coefficient (Wildman–Crippen LogP) is 5.82. The molecule has 1 amide bonds. The highest BCUT2D eigenvalue weighted by Gasteiger charge is 2.42. The second-order valence-electron chi connectivity index (χ2n) is 7.82. The number of rotatable bonds is 4. The molecule has 2 aliphatic rings. The van der Waals surface area contributed by atoms with Crippen molar-refractivity contribution >= 4 is 52.1 Å². The Morgan fingerprint density at radius 2 is 1.68 bits per heavy atom. The summed E-state index contributed by atoms with van der Waals surface area (Å²) in [6.07, 6.45) is 2.97. The van der Waals surface area contributed by atoms with Crippen molar-refractivity contribution < 1.29 is 10.0 Å². The van der Waals surface area contributed by atoms with Gasteiger partial charge in [-0.05, 0) is 48.7 Å². The molecule has 2 unspecified atom stereocenters. The predicted molar refractivity (Wildman–Crippen MR) is 124 cm³/mol. The van der Waals surface area contributed by atoms with E-state index in [4.69, 9.17) is 34.8 Å². The minimum atomic E-state index is -0.527. The average Bonchev–Trinajstić information content (AvgIpc) is 3.10. The molecule has 2 aliphatic heterocycles. The fourth-order valence-electron chi connectivity index (χ4n) is 4.13. The van der Waals surface area contributed by atoms with E-state index < -0.39 is 5.91 Å². The van der Waals surface area contributed by atoms with Gasteiger partial charge in [-0.15, -0.1) is 5.17 Å². The first kappa shape index (κ1) is 22.4. The van der Waals surface area contributed by atoms with Crippen LogP contribution in [0.3, 0.4) is 0 Å². The van der Waals surface area contributed by atoms with Crippen LogP contribution in [-0.4, -0.2) is 40.1 Å². The number of hydrazine groups is 1. The zero-order valence-electron chi connectivity index (χ0n) is 17.0. The Morgan fingerprint density at radius 3 is 2.32 bits per heavy atom. The summed E-state index contributed by atoms with van der Waals surface area (Å²) in [7, 11) is 0. The summed E-state index contributed by atoms with van der Waals surface area (Å²) in [5.74, 6) is -0.833. The number of hydrogen-bond donors (Lipinski definition) is 1. The van der Waals surface area contributed by atoms with Gasteiger partial charge in [0.2, 0.25) is 0 Å². The Balaban J connectivity index is 1.71. The molecule has 164 valence electrons. The first-order valence-electron chi connectivity index (χ1n) is 10.2. The Labute approximate surface area is 196 Å². The average molecular weight is 482 g/mol. The van der Waals surface area contributed by atoms with Crippen LogP contribution in [0.4, 0.5) is 5.69 Å². The minimum absolute atomic E-state index is 0.263. The molecule has 6 nitrogen and oxygen atoms in total. The van der Waals surface area contributed by atoms with Gasteiger partial charge in [-0.2, -0.15) is 10.1 Å². The second-order valence-corrected chi connectivity index (χ2v) is 9.10. The molecule has 2 aromatic rings. The number of amides is 1. The van der Waals surface area contributed by atoms with Gasteiger partial charge in [0.05, 0.1) is 16.8 Å². The van der Waals surface area contributed by atoms with Crippen molar-refractivity contribution in [3.05, 3.63) is 63.1 Å². The number of halogens is 3. The summed E-state index contributed by atoms with van der Waals surface area (Å²) >= 11 is 18.6. The molecule has 31 heavy (non-hydrogen) atoms. The lowest BCUT2D eigenvalue weighted by Crippen LogP contribution is -2.50. The zero-order valence-corrected chi connectivity index (χ0v) is 19.3. The molecule has 0 saturated carbocycles. The van der Waals surface area contributed by atoms with E-state index in [1.807, 2.05) is 19.1 Å². The summed E-state index contributed by atoms with van der Waals surface area (Å²) in [5, 5.41) is 20.9. The minimum Gasteiger partial charge on any atom is -0.270 e. The first-order valence-corrected chi connectivity index (χ1v) is 11.4. The number of carbonyl (C=O) groups is 1. The van der Waals surface area contributed by atoms with Gasteiger partial charge in [-0.25, -0.2) is 0 Å². The summed E-state index contributed by atoms with van der Waals surface area (Å²) in [6, 6.07) is 12.3. The van der Waals surface area contributed by atoms with Crippen molar-refractivity contribution in [3.63, 3.8) is 0 Å². The third-order valence-corrected chi connectivity index (χ3v) is 6.54. The smallest absolute Gasteiger partial charge is 0.270 e.